The number of H-pyrrole nitrogens is 1. The summed E-state index contributed by atoms with van der Waals surface area (Å²) >= 11 is 0. The number of benzene rings is 1. The van der Waals surface area contributed by atoms with Gasteiger partial charge in [-0.2, -0.15) is 5.10 Å². The van der Waals surface area contributed by atoms with E-state index in [2.05, 4.69) is 10.2 Å². The standard InChI is InChI=1S/C13H14N2O4/c1-17-10-6-4-8(12(18-2)13(10)19-3)9-5-7-11(16)15-14-9/h4-7H,1-3H3,(H,15,16). The molecule has 19 heavy (non-hydrogen) atoms. The molecular formula is C13H14N2O4. The highest BCUT2D eigenvalue weighted by molar-refractivity contribution is 5.73. The molecule has 0 fully saturated rings. The van der Waals surface area contributed by atoms with Crippen LogP contribution in [0.15, 0.2) is 29.1 Å². The lowest BCUT2D eigenvalue weighted by Crippen LogP contribution is -2.06. The smallest absolute Gasteiger partial charge is 0.264 e. The summed E-state index contributed by atoms with van der Waals surface area (Å²) in [5.74, 6) is 1.55. The molecule has 0 aliphatic rings. The number of hydrogen-bond acceptors (Lipinski definition) is 5. The van der Waals surface area contributed by atoms with E-state index < -0.39 is 0 Å². The van der Waals surface area contributed by atoms with Crippen molar-refractivity contribution in [3.8, 4) is 28.5 Å². The summed E-state index contributed by atoms with van der Waals surface area (Å²) in [7, 11) is 4.62. The summed E-state index contributed by atoms with van der Waals surface area (Å²) in [4.78, 5) is 11.0. The molecule has 1 aromatic carbocycles. The molecule has 6 nitrogen and oxygen atoms in total. The highest BCUT2D eigenvalue weighted by Gasteiger charge is 2.17. The van der Waals surface area contributed by atoms with Crippen molar-refractivity contribution in [3.63, 3.8) is 0 Å². The first kappa shape index (κ1) is 12.9. The maximum atomic E-state index is 11.0. The van der Waals surface area contributed by atoms with Crippen LogP contribution in [0.3, 0.4) is 0 Å². The van der Waals surface area contributed by atoms with E-state index in [0.717, 1.165) is 0 Å². The number of aromatic nitrogens is 2. The van der Waals surface area contributed by atoms with Crippen LogP contribution in [0, 0.1) is 0 Å². The van der Waals surface area contributed by atoms with Crippen LogP contribution in [0.2, 0.25) is 0 Å². The molecule has 1 heterocycles. The van der Waals surface area contributed by atoms with Crippen LogP contribution in [0.4, 0.5) is 0 Å². The molecule has 1 N–H and O–H groups in total. The van der Waals surface area contributed by atoms with Crippen LogP contribution in [0.25, 0.3) is 11.3 Å². The van der Waals surface area contributed by atoms with Crippen LogP contribution < -0.4 is 19.8 Å². The average molecular weight is 262 g/mol. The van der Waals surface area contributed by atoms with Crippen molar-refractivity contribution in [1.29, 1.82) is 0 Å². The van der Waals surface area contributed by atoms with E-state index in [1.54, 1.807) is 25.3 Å². The average Bonchev–Trinajstić information content (AvgIpc) is 2.46. The van der Waals surface area contributed by atoms with Gasteiger partial charge in [0.1, 0.15) is 0 Å². The number of nitrogens with one attached hydrogen (secondary N) is 1. The Balaban J connectivity index is 2.63. The monoisotopic (exact) mass is 262 g/mol. The summed E-state index contributed by atoms with van der Waals surface area (Å²) in [6.45, 7) is 0. The van der Waals surface area contributed by atoms with Gasteiger partial charge < -0.3 is 14.2 Å². The number of methoxy groups -OCH3 is 3. The van der Waals surface area contributed by atoms with Gasteiger partial charge in [-0.1, -0.05) is 0 Å². The van der Waals surface area contributed by atoms with Gasteiger partial charge in [0.15, 0.2) is 11.5 Å². The maximum Gasteiger partial charge on any atom is 0.264 e. The first-order valence-electron chi connectivity index (χ1n) is 5.56. The van der Waals surface area contributed by atoms with Crippen LogP contribution in [0.5, 0.6) is 17.2 Å². The van der Waals surface area contributed by atoms with E-state index in [1.807, 2.05) is 0 Å². The molecule has 0 aliphatic heterocycles. The molecule has 0 aliphatic carbocycles. The third kappa shape index (κ3) is 2.37. The molecule has 6 heteroatoms. The molecule has 0 atom stereocenters. The summed E-state index contributed by atoms with van der Waals surface area (Å²) in [6.07, 6.45) is 0. The number of hydrogen-bond donors (Lipinski definition) is 1. The first-order valence-corrected chi connectivity index (χ1v) is 5.56. The van der Waals surface area contributed by atoms with Gasteiger partial charge in [-0.15, -0.1) is 0 Å². The molecule has 2 rings (SSSR count). The van der Waals surface area contributed by atoms with E-state index in [0.29, 0.717) is 28.5 Å². The highest BCUT2D eigenvalue weighted by atomic mass is 16.5. The van der Waals surface area contributed by atoms with Crippen molar-refractivity contribution >= 4 is 0 Å². The third-order valence-electron chi connectivity index (χ3n) is 2.66. The van der Waals surface area contributed by atoms with Gasteiger partial charge in [-0.05, 0) is 18.2 Å². The molecule has 0 unspecified atom stereocenters. The minimum Gasteiger partial charge on any atom is -0.493 e. The lowest BCUT2D eigenvalue weighted by molar-refractivity contribution is 0.325. The minimum absolute atomic E-state index is 0.261. The van der Waals surface area contributed by atoms with Gasteiger partial charge >= 0.3 is 0 Å². The Morgan fingerprint density at radius 1 is 0.947 bits per heavy atom. The van der Waals surface area contributed by atoms with Crippen molar-refractivity contribution in [2.75, 3.05) is 21.3 Å². The Morgan fingerprint density at radius 3 is 2.21 bits per heavy atom. The zero-order valence-corrected chi connectivity index (χ0v) is 10.9. The van der Waals surface area contributed by atoms with Crippen LogP contribution in [-0.2, 0) is 0 Å². The summed E-state index contributed by atoms with van der Waals surface area (Å²) in [5, 5.41) is 6.36. The lowest BCUT2D eigenvalue weighted by atomic mass is 10.1. The van der Waals surface area contributed by atoms with Gasteiger partial charge in [0.05, 0.1) is 27.0 Å². The molecular weight excluding hydrogens is 248 g/mol. The second kappa shape index (κ2) is 5.43. The quantitative estimate of drug-likeness (QED) is 0.903. The molecule has 0 radical (unpaired) electrons. The van der Waals surface area contributed by atoms with E-state index in [-0.39, 0.29) is 5.56 Å². The number of ether oxygens (including phenoxy) is 3. The number of rotatable bonds is 4. The molecule has 0 saturated carbocycles. The first-order chi connectivity index (χ1) is 9.21. The van der Waals surface area contributed by atoms with Crippen molar-refractivity contribution in [1.82, 2.24) is 10.2 Å². The van der Waals surface area contributed by atoms with Crippen molar-refractivity contribution < 1.29 is 14.2 Å². The predicted octanol–water partition coefficient (Wildman–Crippen LogP) is 1.46. The van der Waals surface area contributed by atoms with Crippen molar-refractivity contribution in [2.45, 2.75) is 0 Å². The van der Waals surface area contributed by atoms with Gasteiger partial charge in [-0.3, -0.25) is 4.79 Å². The summed E-state index contributed by atoms with van der Waals surface area (Å²) in [5.41, 5.74) is 1.02. The Labute approximate surface area is 109 Å². The van der Waals surface area contributed by atoms with E-state index >= 15 is 0 Å². The van der Waals surface area contributed by atoms with Gasteiger partial charge in [0.25, 0.3) is 5.56 Å². The Hall–Kier alpha value is -2.50. The SMILES string of the molecule is COc1ccc(-c2ccc(=O)[nH]n2)c(OC)c1OC. The second-order valence-corrected chi connectivity index (χ2v) is 3.69. The predicted molar refractivity (Wildman–Crippen MR) is 69.9 cm³/mol. The molecule has 0 bridgehead atoms. The number of nitrogens with zero attached hydrogens (tertiary/aromatic N) is 1. The number of aromatic amines is 1. The third-order valence-corrected chi connectivity index (χ3v) is 2.66. The Kier molecular flexibility index (Phi) is 3.70. The van der Waals surface area contributed by atoms with Crippen LogP contribution in [0.1, 0.15) is 0 Å². The lowest BCUT2D eigenvalue weighted by Gasteiger charge is -2.15. The van der Waals surface area contributed by atoms with E-state index in [1.165, 1.54) is 20.3 Å². The second-order valence-electron chi connectivity index (χ2n) is 3.69. The fraction of sp³-hybridized carbons (Fsp3) is 0.231. The largest absolute Gasteiger partial charge is 0.493 e. The van der Waals surface area contributed by atoms with Crippen molar-refractivity contribution in [3.05, 3.63) is 34.6 Å². The zero-order valence-electron chi connectivity index (χ0n) is 10.9. The summed E-state index contributed by atoms with van der Waals surface area (Å²) in [6, 6.07) is 6.56. The molecule has 100 valence electrons. The Bertz CT molecular complexity index is 617. The maximum absolute atomic E-state index is 11.0. The molecule has 2 aromatic rings. The normalized spacial score (nSPS) is 10.1. The molecule has 1 aromatic heterocycles. The van der Waals surface area contributed by atoms with E-state index in [9.17, 15) is 4.79 Å². The minimum atomic E-state index is -0.261. The Morgan fingerprint density at radius 2 is 1.68 bits per heavy atom. The fourth-order valence-corrected chi connectivity index (χ4v) is 1.80. The fourth-order valence-electron chi connectivity index (χ4n) is 1.80. The van der Waals surface area contributed by atoms with Gasteiger partial charge in [0.2, 0.25) is 5.75 Å². The van der Waals surface area contributed by atoms with Crippen LogP contribution >= 0.6 is 0 Å². The topological polar surface area (TPSA) is 73.4 Å². The van der Waals surface area contributed by atoms with Gasteiger partial charge in [-0.25, -0.2) is 5.10 Å². The molecule has 0 saturated heterocycles. The highest BCUT2D eigenvalue weighted by Crippen LogP contribution is 2.43. The van der Waals surface area contributed by atoms with Crippen LogP contribution in [-0.4, -0.2) is 31.5 Å². The van der Waals surface area contributed by atoms with Crippen molar-refractivity contribution in [2.24, 2.45) is 0 Å². The molecule has 0 spiro atoms. The molecule has 0 amide bonds. The van der Waals surface area contributed by atoms with Gasteiger partial charge in [0, 0.05) is 11.6 Å². The van der Waals surface area contributed by atoms with E-state index in [4.69, 9.17) is 14.2 Å². The summed E-state index contributed by atoms with van der Waals surface area (Å²) < 4.78 is 15.9. The zero-order chi connectivity index (χ0) is 13.8.